The lowest BCUT2D eigenvalue weighted by Gasteiger charge is -2.03. The number of fused-ring (bicyclic) bond motifs is 2. The molecule has 0 spiro atoms. The second-order valence-electron chi connectivity index (χ2n) is 6.58. The summed E-state index contributed by atoms with van der Waals surface area (Å²) in [6, 6.07) is 15.6. The summed E-state index contributed by atoms with van der Waals surface area (Å²) in [4.78, 5) is 21.7. The quantitative estimate of drug-likeness (QED) is 0.316. The van der Waals surface area contributed by atoms with Crippen molar-refractivity contribution < 1.29 is 9.53 Å². The largest absolute Gasteiger partial charge is 0.497 e. The van der Waals surface area contributed by atoms with Gasteiger partial charge in [-0.2, -0.15) is 0 Å². The van der Waals surface area contributed by atoms with Gasteiger partial charge in [0.15, 0.2) is 10.7 Å². The first-order valence-electron chi connectivity index (χ1n) is 9.13. The molecule has 5 aromatic rings. The molecule has 0 fully saturated rings. The molecule has 0 bridgehead atoms. The summed E-state index contributed by atoms with van der Waals surface area (Å²) >= 11 is 1.56. The van der Waals surface area contributed by atoms with Gasteiger partial charge in [0, 0.05) is 39.8 Å². The van der Waals surface area contributed by atoms with E-state index in [9.17, 15) is 4.79 Å². The SMILES string of the molecule is COc1ccc(-c2nc3sccn3c2/C=C/C(=O)c2c[nH]c3ccccc23)cc1. The summed E-state index contributed by atoms with van der Waals surface area (Å²) < 4.78 is 7.25. The highest BCUT2D eigenvalue weighted by molar-refractivity contribution is 7.15. The van der Waals surface area contributed by atoms with Crippen LogP contribution in [0, 0.1) is 0 Å². The highest BCUT2D eigenvalue weighted by Crippen LogP contribution is 2.29. The number of hydrogen-bond donors (Lipinski definition) is 1. The molecule has 3 heterocycles. The zero-order valence-corrected chi connectivity index (χ0v) is 16.4. The average molecular weight is 399 g/mol. The first kappa shape index (κ1) is 17.5. The summed E-state index contributed by atoms with van der Waals surface area (Å²) in [5, 5.41) is 2.91. The van der Waals surface area contributed by atoms with E-state index in [2.05, 4.69) is 4.98 Å². The number of carbonyl (C=O) groups excluding carboxylic acids is 1. The Balaban J connectivity index is 1.55. The molecule has 0 saturated heterocycles. The minimum Gasteiger partial charge on any atom is -0.497 e. The summed E-state index contributed by atoms with van der Waals surface area (Å²) in [7, 11) is 1.64. The summed E-state index contributed by atoms with van der Waals surface area (Å²) in [6.07, 6.45) is 7.19. The number of aromatic nitrogens is 3. The molecule has 0 aliphatic heterocycles. The van der Waals surface area contributed by atoms with Crippen LogP contribution in [0.15, 0.2) is 72.4 Å². The van der Waals surface area contributed by atoms with E-state index in [0.29, 0.717) is 5.56 Å². The van der Waals surface area contributed by atoms with E-state index in [1.807, 2.05) is 70.6 Å². The molecule has 0 unspecified atom stereocenters. The van der Waals surface area contributed by atoms with E-state index in [1.165, 1.54) is 0 Å². The first-order valence-corrected chi connectivity index (χ1v) is 10.0. The molecular weight excluding hydrogens is 382 g/mol. The Labute approximate surface area is 170 Å². The van der Waals surface area contributed by atoms with Gasteiger partial charge in [-0.05, 0) is 42.5 Å². The molecule has 0 radical (unpaired) electrons. The van der Waals surface area contributed by atoms with Crippen LogP contribution in [-0.4, -0.2) is 27.3 Å². The topological polar surface area (TPSA) is 59.4 Å². The van der Waals surface area contributed by atoms with Crippen LogP contribution in [0.25, 0.3) is 33.2 Å². The van der Waals surface area contributed by atoms with Crippen LogP contribution in [0.3, 0.4) is 0 Å². The van der Waals surface area contributed by atoms with Gasteiger partial charge in [-0.15, -0.1) is 11.3 Å². The van der Waals surface area contributed by atoms with Crippen LogP contribution in [0.2, 0.25) is 0 Å². The number of allylic oxidation sites excluding steroid dienone is 1. The predicted octanol–water partition coefficient (Wildman–Crippen LogP) is 5.45. The van der Waals surface area contributed by atoms with Crippen LogP contribution in [0.4, 0.5) is 0 Å². The van der Waals surface area contributed by atoms with E-state index in [4.69, 9.17) is 9.72 Å². The Morgan fingerprint density at radius 2 is 2.00 bits per heavy atom. The number of nitrogens with zero attached hydrogens (tertiary/aromatic N) is 2. The van der Waals surface area contributed by atoms with Crippen molar-refractivity contribution in [2.24, 2.45) is 0 Å². The normalized spacial score (nSPS) is 11.6. The van der Waals surface area contributed by atoms with Crippen LogP contribution < -0.4 is 4.74 Å². The monoisotopic (exact) mass is 399 g/mol. The molecule has 0 saturated carbocycles. The Hall–Kier alpha value is -3.64. The Bertz CT molecular complexity index is 1360. The summed E-state index contributed by atoms with van der Waals surface area (Å²) in [6.45, 7) is 0. The van der Waals surface area contributed by atoms with Gasteiger partial charge in [-0.3, -0.25) is 9.20 Å². The zero-order chi connectivity index (χ0) is 19.8. The van der Waals surface area contributed by atoms with Gasteiger partial charge < -0.3 is 9.72 Å². The van der Waals surface area contributed by atoms with Gasteiger partial charge in [0.25, 0.3) is 0 Å². The molecule has 0 aliphatic carbocycles. The molecule has 0 atom stereocenters. The number of imidazole rings is 1. The van der Waals surface area contributed by atoms with E-state index in [0.717, 1.165) is 38.6 Å². The van der Waals surface area contributed by atoms with E-state index < -0.39 is 0 Å². The molecule has 142 valence electrons. The number of benzene rings is 2. The van der Waals surface area contributed by atoms with Crippen molar-refractivity contribution >= 4 is 39.1 Å². The lowest BCUT2D eigenvalue weighted by atomic mass is 10.1. The third kappa shape index (κ3) is 3.03. The van der Waals surface area contributed by atoms with Crippen molar-refractivity contribution in [3.8, 4) is 17.0 Å². The first-order chi connectivity index (χ1) is 14.2. The summed E-state index contributed by atoms with van der Waals surface area (Å²) in [5.41, 5.74) is 4.30. The molecule has 0 amide bonds. The van der Waals surface area contributed by atoms with Crippen molar-refractivity contribution in [3.63, 3.8) is 0 Å². The van der Waals surface area contributed by atoms with Gasteiger partial charge in [0.05, 0.1) is 18.5 Å². The molecule has 3 aromatic heterocycles. The van der Waals surface area contributed by atoms with Gasteiger partial charge in [0.1, 0.15) is 5.75 Å². The third-order valence-electron chi connectivity index (χ3n) is 4.91. The Morgan fingerprint density at radius 3 is 2.83 bits per heavy atom. The third-order valence-corrected chi connectivity index (χ3v) is 5.67. The maximum absolute atomic E-state index is 12.9. The second kappa shape index (κ2) is 7.07. The highest BCUT2D eigenvalue weighted by Gasteiger charge is 2.14. The Kier molecular flexibility index (Phi) is 4.26. The smallest absolute Gasteiger partial charge is 0.194 e. The number of thiazole rings is 1. The van der Waals surface area contributed by atoms with Crippen LogP contribution in [0.1, 0.15) is 16.1 Å². The van der Waals surface area contributed by atoms with Crippen LogP contribution >= 0.6 is 11.3 Å². The van der Waals surface area contributed by atoms with Crippen molar-refractivity contribution in [1.82, 2.24) is 14.4 Å². The number of nitrogens with one attached hydrogen (secondary N) is 1. The van der Waals surface area contributed by atoms with Crippen LogP contribution in [-0.2, 0) is 0 Å². The maximum Gasteiger partial charge on any atom is 0.194 e. The number of ether oxygens (including phenoxy) is 1. The van der Waals surface area contributed by atoms with Crippen molar-refractivity contribution in [2.75, 3.05) is 7.11 Å². The Morgan fingerprint density at radius 1 is 1.17 bits per heavy atom. The van der Waals surface area contributed by atoms with Crippen molar-refractivity contribution in [3.05, 3.63) is 83.6 Å². The average Bonchev–Trinajstić information content (AvgIpc) is 3.46. The lowest BCUT2D eigenvalue weighted by Crippen LogP contribution is -1.93. The number of aromatic amines is 1. The minimum absolute atomic E-state index is 0.0479. The number of carbonyl (C=O) groups is 1. The number of H-pyrrole nitrogens is 1. The number of hydrogen-bond acceptors (Lipinski definition) is 4. The number of methoxy groups -OCH3 is 1. The standard InChI is InChI=1S/C23H17N3O2S/c1-28-16-8-6-15(7-9-16)22-20(26-12-13-29-23(26)25-22)10-11-21(27)18-14-24-19-5-3-2-4-17(18)19/h2-14,24H,1H3/b11-10+. The molecule has 2 aromatic carbocycles. The fourth-order valence-electron chi connectivity index (χ4n) is 3.44. The minimum atomic E-state index is -0.0479. The zero-order valence-electron chi connectivity index (χ0n) is 15.6. The van der Waals surface area contributed by atoms with Gasteiger partial charge in [0.2, 0.25) is 0 Å². The molecule has 6 heteroatoms. The second-order valence-corrected chi connectivity index (χ2v) is 7.45. The lowest BCUT2D eigenvalue weighted by molar-refractivity contribution is 0.104. The predicted molar refractivity (Wildman–Crippen MR) is 117 cm³/mol. The van der Waals surface area contributed by atoms with E-state index >= 15 is 0 Å². The molecular formula is C23H17N3O2S. The van der Waals surface area contributed by atoms with Gasteiger partial charge in [-0.1, -0.05) is 18.2 Å². The molecule has 5 rings (SSSR count). The molecule has 1 N–H and O–H groups in total. The fourth-order valence-corrected chi connectivity index (χ4v) is 4.16. The number of para-hydroxylation sites is 1. The van der Waals surface area contributed by atoms with Gasteiger partial charge >= 0.3 is 0 Å². The summed E-state index contributed by atoms with van der Waals surface area (Å²) in [5.74, 6) is 0.745. The highest BCUT2D eigenvalue weighted by atomic mass is 32.1. The fraction of sp³-hybridized carbons (Fsp3) is 0.0435. The van der Waals surface area contributed by atoms with Crippen LogP contribution in [0.5, 0.6) is 5.75 Å². The number of rotatable bonds is 5. The number of ketones is 1. The molecule has 5 nitrogen and oxygen atoms in total. The maximum atomic E-state index is 12.9. The molecule has 29 heavy (non-hydrogen) atoms. The van der Waals surface area contributed by atoms with Crippen molar-refractivity contribution in [2.45, 2.75) is 0 Å². The van der Waals surface area contributed by atoms with E-state index in [-0.39, 0.29) is 5.78 Å². The molecule has 0 aliphatic rings. The van der Waals surface area contributed by atoms with Crippen molar-refractivity contribution in [1.29, 1.82) is 0 Å². The van der Waals surface area contributed by atoms with Gasteiger partial charge in [-0.25, -0.2) is 4.98 Å². The van der Waals surface area contributed by atoms with E-state index in [1.54, 1.807) is 30.7 Å².